The normalized spacial score (nSPS) is 23.3. The number of hydrogen-bond acceptors (Lipinski definition) is 3. The van der Waals surface area contributed by atoms with Gasteiger partial charge in [-0.2, -0.15) is 11.8 Å². The molecule has 0 aromatic heterocycles. The standard InChI is InChI=1S/C15H22N2OS/c1-10-7-13(5-6-14(10)16-4)15(18)17-8-11(2)19-12(3)9-17/h5-7,11-12,16H,8-9H2,1-4H3. The van der Waals surface area contributed by atoms with Crippen molar-refractivity contribution in [2.45, 2.75) is 31.3 Å². The van der Waals surface area contributed by atoms with Crippen LogP contribution in [-0.2, 0) is 0 Å². The molecule has 1 N–H and O–H groups in total. The summed E-state index contributed by atoms with van der Waals surface area (Å²) in [5.74, 6) is 0.157. The second-order valence-electron chi connectivity index (χ2n) is 5.25. The van der Waals surface area contributed by atoms with Crippen LogP contribution < -0.4 is 5.32 Å². The van der Waals surface area contributed by atoms with Crippen LogP contribution in [0.3, 0.4) is 0 Å². The van der Waals surface area contributed by atoms with Gasteiger partial charge in [0.2, 0.25) is 0 Å². The van der Waals surface area contributed by atoms with E-state index >= 15 is 0 Å². The number of rotatable bonds is 2. The van der Waals surface area contributed by atoms with E-state index in [1.165, 1.54) is 0 Å². The Kier molecular flexibility index (Phi) is 4.40. The Bertz CT molecular complexity index is 465. The molecular formula is C15H22N2OS. The quantitative estimate of drug-likeness (QED) is 0.902. The van der Waals surface area contributed by atoms with E-state index in [9.17, 15) is 4.79 Å². The van der Waals surface area contributed by atoms with Gasteiger partial charge in [0.25, 0.3) is 5.91 Å². The molecule has 4 heteroatoms. The Morgan fingerprint density at radius 3 is 2.47 bits per heavy atom. The van der Waals surface area contributed by atoms with E-state index in [1.807, 2.05) is 48.8 Å². The van der Waals surface area contributed by atoms with Crippen LogP contribution in [0, 0.1) is 6.92 Å². The summed E-state index contributed by atoms with van der Waals surface area (Å²) < 4.78 is 0. The minimum absolute atomic E-state index is 0.157. The van der Waals surface area contributed by atoms with E-state index in [4.69, 9.17) is 0 Å². The van der Waals surface area contributed by atoms with Crippen molar-refractivity contribution in [3.05, 3.63) is 29.3 Å². The molecule has 0 spiro atoms. The van der Waals surface area contributed by atoms with E-state index in [0.29, 0.717) is 10.5 Å². The van der Waals surface area contributed by atoms with Gasteiger partial charge in [-0.15, -0.1) is 0 Å². The largest absolute Gasteiger partial charge is 0.388 e. The lowest BCUT2D eigenvalue weighted by Gasteiger charge is -2.34. The molecule has 1 amide bonds. The first kappa shape index (κ1) is 14.3. The first-order valence-electron chi connectivity index (χ1n) is 6.74. The Balaban J connectivity index is 2.17. The summed E-state index contributed by atoms with van der Waals surface area (Å²) in [4.78, 5) is 14.5. The van der Waals surface area contributed by atoms with Gasteiger partial charge in [-0.3, -0.25) is 4.79 Å². The zero-order valence-corrected chi connectivity index (χ0v) is 12.9. The molecule has 1 aromatic rings. The number of hydrogen-bond donors (Lipinski definition) is 1. The molecule has 1 saturated heterocycles. The van der Waals surface area contributed by atoms with Crippen molar-refractivity contribution in [1.82, 2.24) is 4.90 Å². The average Bonchev–Trinajstić information content (AvgIpc) is 2.36. The summed E-state index contributed by atoms with van der Waals surface area (Å²) in [6, 6.07) is 5.87. The van der Waals surface area contributed by atoms with Crippen LogP contribution >= 0.6 is 11.8 Å². The molecule has 19 heavy (non-hydrogen) atoms. The van der Waals surface area contributed by atoms with E-state index < -0.39 is 0 Å². The molecule has 1 aliphatic rings. The first-order valence-corrected chi connectivity index (χ1v) is 7.68. The van der Waals surface area contributed by atoms with E-state index in [1.54, 1.807) is 0 Å². The molecule has 0 saturated carbocycles. The fraction of sp³-hybridized carbons (Fsp3) is 0.533. The Labute approximate surface area is 119 Å². The number of aryl methyl sites for hydroxylation is 1. The third kappa shape index (κ3) is 3.24. The minimum atomic E-state index is 0.157. The fourth-order valence-corrected chi connectivity index (χ4v) is 3.93. The molecule has 1 aliphatic heterocycles. The Morgan fingerprint density at radius 1 is 1.32 bits per heavy atom. The van der Waals surface area contributed by atoms with Gasteiger partial charge in [0.1, 0.15) is 0 Å². The number of thioether (sulfide) groups is 1. The minimum Gasteiger partial charge on any atom is -0.388 e. The highest BCUT2D eigenvalue weighted by Gasteiger charge is 2.26. The van der Waals surface area contributed by atoms with Crippen LogP contribution in [-0.4, -0.2) is 41.4 Å². The number of carbonyl (C=O) groups excluding carboxylic acids is 1. The highest BCUT2D eigenvalue weighted by atomic mass is 32.2. The van der Waals surface area contributed by atoms with Gasteiger partial charge in [0.15, 0.2) is 0 Å². The van der Waals surface area contributed by atoms with Crippen LogP contribution in [0.5, 0.6) is 0 Å². The lowest BCUT2D eigenvalue weighted by molar-refractivity contribution is 0.0753. The van der Waals surface area contributed by atoms with Crippen LogP contribution in [0.1, 0.15) is 29.8 Å². The zero-order chi connectivity index (χ0) is 14.0. The van der Waals surface area contributed by atoms with Crippen molar-refractivity contribution in [2.24, 2.45) is 0 Å². The topological polar surface area (TPSA) is 32.3 Å². The monoisotopic (exact) mass is 278 g/mol. The summed E-state index contributed by atoms with van der Waals surface area (Å²) >= 11 is 1.96. The van der Waals surface area contributed by atoms with E-state index in [0.717, 1.165) is 29.9 Å². The number of carbonyl (C=O) groups is 1. The molecule has 2 atom stereocenters. The summed E-state index contributed by atoms with van der Waals surface area (Å²) in [7, 11) is 1.90. The molecule has 2 rings (SSSR count). The molecule has 1 aromatic carbocycles. The number of nitrogens with one attached hydrogen (secondary N) is 1. The van der Waals surface area contributed by atoms with Crippen LogP contribution in [0.4, 0.5) is 5.69 Å². The number of nitrogens with zero attached hydrogens (tertiary/aromatic N) is 1. The van der Waals surface area contributed by atoms with Crippen LogP contribution in [0.25, 0.3) is 0 Å². The molecule has 0 bridgehead atoms. The molecule has 0 aliphatic carbocycles. The number of anilines is 1. The first-order chi connectivity index (χ1) is 9.01. The van der Waals surface area contributed by atoms with Crippen molar-refractivity contribution >= 4 is 23.4 Å². The van der Waals surface area contributed by atoms with Gasteiger partial charge < -0.3 is 10.2 Å². The van der Waals surface area contributed by atoms with Crippen LogP contribution in [0.15, 0.2) is 18.2 Å². The maximum atomic E-state index is 12.5. The van der Waals surface area contributed by atoms with Gasteiger partial charge in [-0.1, -0.05) is 13.8 Å². The summed E-state index contributed by atoms with van der Waals surface area (Å²) in [5.41, 5.74) is 2.98. The molecular weight excluding hydrogens is 256 g/mol. The van der Waals surface area contributed by atoms with Gasteiger partial charge >= 0.3 is 0 Å². The summed E-state index contributed by atoms with van der Waals surface area (Å²) in [6.07, 6.45) is 0. The van der Waals surface area contributed by atoms with Crippen LogP contribution in [0.2, 0.25) is 0 Å². The van der Waals surface area contributed by atoms with Crippen molar-refractivity contribution < 1.29 is 4.79 Å². The Morgan fingerprint density at radius 2 is 1.95 bits per heavy atom. The van der Waals surface area contributed by atoms with Crippen molar-refractivity contribution in [2.75, 3.05) is 25.5 Å². The fourth-order valence-electron chi connectivity index (χ4n) is 2.60. The lowest BCUT2D eigenvalue weighted by atomic mass is 10.1. The number of benzene rings is 1. The molecule has 2 unspecified atom stereocenters. The smallest absolute Gasteiger partial charge is 0.253 e. The third-order valence-electron chi connectivity index (χ3n) is 3.45. The predicted octanol–water partition coefficient (Wildman–Crippen LogP) is 3.00. The van der Waals surface area contributed by atoms with Gasteiger partial charge in [0.05, 0.1) is 0 Å². The molecule has 3 nitrogen and oxygen atoms in total. The number of amides is 1. The van der Waals surface area contributed by atoms with Gasteiger partial charge in [-0.05, 0) is 30.7 Å². The van der Waals surface area contributed by atoms with E-state index in [-0.39, 0.29) is 5.91 Å². The van der Waals surface area contributed by atoms with Gasteiger partial charge in [0, 0.05) is 41.9 Å². The van der Waals surface area contributed by atoms with Crippen molar-refractivity contribution in [3.63, 3.8) is 0 Å². The Hall–Kier alpha value is -1.16. The lowest BCUT2D eigenvalue weighted by Crippen LogP contribution is -2.44. The maximum Gasteiger partial charge on any atom is 0.253 e. The second kappa shape index (κ2) is 5.87. The molecule has 104 valence electrons. The predicted molar refractivity (Wildman–Crippen MR) is 83.1 cm³/mol. The molecule has 1 heterocycles. The highest BCUT2D eigenvalue weighted by molar-refractivity contribution is 8.00. The summed E-state index contributed by atoms with van der Waals surface area (Å²) in [6.45, 7) is 8.10. The van der Waals surface area contributed by atoms with E-state index in [2.05, 4.69) is 19.2 Å². The third-order valence-corrected chi connectivity index (χ3v) is 4.68. The average molecular weight is 278 g/mol. The maximum absolute atomic E-state index is 12.5. The molecule has 0 radical (unpaired) electrons. The SMILES string of the molecule is CNc1ccc(C(=O)N2CC(C)SC(C)C2)cc1C. The zero-order valence-electron chi connectivity index (χ0n) is 12.1. The van der Waals surface area contributed by atoms with Crippen molar-refractivity contribution in [1.29, 1.82) is 0 Å². The van der Waals surface area contributed by atoms with Crippen molar-refractivity contribution in [3.8, 4) is 0 Å². The highest BCUT2D eigenvalue weighted by Crippen LogP contribution is 2.26. The molecule has 1 fully saturated rings. The van der Waals surface area contributed by atoms with Gasteiger partial charge in [-0.25, -0.2) is 0 Å². The summed E-state index contributed by atoms with van der Waals surface area (Å²) in [5, 5.41) is 4.16. The second-order valence-corrected chi connectivity index (χ2v) is 7.13.